The van der Waals surface area contributed by atoms with Crippen LogP contribution in [0.4, 0.5) is 0 Å². The van der Waals surface area contributed by atoms with Crippen LogP contribution in [0.3, 0.4) is 0 Å². The van der Waals surface area contributed by atoms with Gasteiger partial charge >= 0.3 is 11.9 Å². The first-order valence-corrected chi connectivity index (χ1v) is 9.81. The van der Waals surface area contributed by atoms with Crippen molar-refractivity contribution in [1.82, 2.24) is 4.98 Å². The fourth-order valence-electron chi connectivity index (χ4n) is 3.15. The van der Waals surface area contributed by atoms with Gasteiger partial charge in [0, 0.05) is 17.1 Å². The number of aromatic nitrogens is 1. The molecule has 3 rings (SSSR count). The summed E-state index contributed by atoms with van der Waals surface area (Å²) in [5.74, 6) is -1.13. The van der Waals surface area contributed by atoms with Gasteiger partial charge in [0.05, 0.1) is 30.0 Å². The molecule has 0 unspecified atom stereocenters. The Morgan fingerprint density at radius 3 is 2.03 bits per heavy atom. The van der Waals surface area contributed by atoms with Crippen LogP contribution >= 0.6 is 11.6 Å². The Balaban J connectivity index is 2.20. The molecule has 3 aromatic rings. The Morgan fingerprint density at radius 1 is 0.862 bits per heavy atom. The van der Waals surface area contributed by atoms with Crippen LogP contribution < -0.4 is 0 Å². The standard InChI is InChI=1S/C23H22ClNO4/c1-3-28-22(26)19-18(14-15-8-6-5-7-9-15)25-21(20(19)23(27)29-4-2)16-10-12-17(24)13-11-16/h5-13,25H,3-4,14H2,1-2H3. The van der Waals surface area contributed by atoms with Gasteiger partial charge in [0.15, 0.2) is 0 Å². The third-order valence-corrected chi connectivity index (χ3v) is 4.65. The Morgan fingerprint density at radius 2 is 1.45 bits per heavy atom. The van der Waals surface area contributed by atoms with E-state index in [-0.39, 0.29) is 24.3 Å². The molecular formula is C23H22ClNO4. The summed E-state index contributed by atoms with van der Waals surface area (Å²) in [6.07, 6.45) is 0.439. The number of esters is 2. The number of carbonyl (C=O) groups is 2. The summed E-state index contributed by atoms with van der Waals surface area (Å²) in [5, 5.41) is 0.577. The average molecular weight is 412 g/mol. The molecule has 0 atom stereocenters. The zero-order valence-corrected chi connectivity index (χ0v) is 17.1. The van der Waals surface area contributed by atoms with E-state index in [2.05, 4.69) is 4.98 Å². The Kier molecular flexibility index (Phi) is 6.73. The quantitative estimate of drug-likeness (QED) is 0.537. The van der Waals surface area contributed by atoms with Crippen molar-refractivity contribution in [2.24, 2.45) is 0 Å². The first-order chi connectivity index (χ1) is 14.0. The second-order valence-electron chi connectivity index (χ2n) is 6.34. The van der Waals surface area contributed by atoms with Gasteiger partial charge < -0.3 is 14.5 Å². The lowest BCUT2D eigenvalue weighted by Crippen LogP contribution is -2.14. The number of hydrogen-bond acceptors (Lipinski definition) is 4. The summed E-state index contributed by atoms with van der Waals surface area (Å²) >= 11 is 6.01. The molecule has 0 spiro atoms. The molecule has 5 nitrogen and oxygen atoms in total. The number of H-pyrrole nitrogens is 1. The van der Waals surface area contributed by atoms with Gasteiger partial charge in [0.2, 0.25) is 0 Å². The van der Waals surface area contributed by atoms with Gasteiger partial charge in [-0.2, -0.15) is 0 Å². The molecule has 2 aromatic carbocycles. The van der Waals surface area contributed by atoms with E-state index in [1.165, 1.54) is 0 Å². The summed E-state index contributed by atoms with van der Waals surface area (Å²) in [4.78, 5) is 28.9. The Hall–Kier alpha value is -3.05. The van der Waals surface area contributed by atoms with Gasteiger partial charge in [-0.1, -0.05) is 54.1 Å². The molecule has 0 aliphatic carbocycles. The molecule has 0 aliphatic heterocycles. The molecule has 1 N–H and O–H groups in total. The summed E-state index contributed by atoms with van der Waals surface area (Å²) in [7, 11) is 0. The molecule has 150 valence electrons. The van der Waals surface area contributed by atoms with Gasteiger partial charge in [-0.25, -0.2) is 9.59 Å². The third kappa shape index (κ3) is 4.69. The highest BCUT2D eigenvalue weighted by atomic mass is 35.5. The van der Waals surface area contributed by atoms with Crippen LogP contribution in [0, 0.1) is 0 Å². The third-order valence-electron chi connectivity index (χ3n) is 4.39. The van der Waals surface area contributed by atoms with E-state index in [0.717, 1.165) is 11.1 Å². The monoisotopic (exact) mass is 411 g/mol. The Labute approximate surface area is 174 Å². The molecule has 0 amide bonds. The second kappa shape index (κ2) is 9.43. The predicted octanol–water partition coefficient (Wildman–Crippen LogP) is 5.28. The molecule has 1 heterocycles. The van der Waals surface area contributed by atoms with Crippen LogP contribution in [0.25, 0.3) is 11.3 Å². The van der Waals surface area contributed by atoms with E-state index in [1.54, 1.807) is 38.1 Å². The maximum Gasteiger partial charge on any atom is 0.341 e. The Bertz CT molecular complexity index is 994. The highest BCUT2D eigenvalue weighted by Gasteiger charge is 2.30. The number of aromatic amines is 1. The molecule has 0 saturated heterocycles. The summed E-state index contributed by atoms with van der Waals surface area (Å²) in [5.41, 5.74) is 3.22. The zero-order chi connectivity index (χ0) is 20.8. The van der Waals surface area contributed by atoms with E-state index in [1.807, 2.05) is 30.3 Å². The van der Waals surface area contributed by atoms with Crippen molar-refractivity contribution in [3.05, 3.63) is 82.0 Å². The molecule has 0 fully saturated rings. The molecule has 0 aliphatic rings. The van der Waals surface area contributed by atoms with Crippen molar-refractivity contribution in [1.29, 1.82) is 0 Å². The van der Waals surface area contributed by atoms with Crippen LogP contribution in [0.2, 0.25) is 5.02 Å². The number of benzene rings is 2. The molecule has 0 radical (unpaired) electrons. The van der Waals surface area contributed by atoms with E-state index in [0.29, 0.717) is 22.8 Å². The first kappa shape index (κ1) is 20.7. The molecule has 0 saturated carbocycles. The largest absolute Gasteiger partial charge is 0.462 e. The lowest BCUT2D eigenvalue weighted by atomic mass is 10.0. The fourth-order valence-corrected chi connectivity index (χ4v) is 3.28. The number of nitrogens with one attached hydrogen (secondary N) is 1. The topological polar surface area (TPSA) is 68.4 Å². The van der Waals surface area contributed by atoms with Crippen molar-refractivity contribution < 1.29 is 19.1 Å². The zero-order valence-electron chi connectivity index (χ0n) is 16.3. The van der Waals surface area contributed by atoms with E-state index in [9.17, 15) is 9.59 Å². The number of carbonyl (C=O) groups excluding carboxylic acids is 2. The van der Waals surface area contributed by atoms with Crippen molar-refractivity contribution in [2.75, 3.05) is 13.2 Å². The van der Waals surface area contributed by atoms with Crippen molar-refractivity contribution in [2.45, 2.75) is 20.3 Å². The maximum atomic E-state index is 12.8. The van der Waals surface area contributed by atoms with Gasteiger partial charge in [-0.3, -0.25) is 0 Å². The minimum Gasteiger partial charge on any atom is -0.462 e. The number of hydrogen-bond donors (Lipinski definition) is 1. The normalized spacial score (nSPS) is 10.6. The highest BCUT2D eigenvalue weighted by Crippen LogP contribution is 2.32. The fraction of sp³-hybridized carbons (Fsp3) is 0.217. The highest BCUT2D eigenvalue weighted by molar-refractivity contribution is 6.30. The summed E-state index contributed by atoms with van der Waals surface area (Å²) in [6, 6.07) is 16.7. The second-order valence-corrected chi connectivity index (χ2v) is 6.78. The van der Waals surface area contributed by atoms with Gasteiger partial charge in [-0.05, 0) is 37.1 Å². The van der Waals surface area contributed by atoms with Crippen molar-refractivity contribution in [3.63, 3.8) is 0 Å². The predicted molar refractivity (Wildman–Crippen MR) is 112 cm³/mol. The van der Waals surface area contributed by atoms with Crippen molar-refractivity contribution in [3.8, 4) is 11.3 Å². The smallest absolute Gasteiger partial charge is 0.341 e. The first-order valence-electron chi connectivity index (χ1n) is 9.44. The molecule has 0 bridgehead atoms. The number of halogens is 1. The van der Waals surface area contributed by atoms with Gasteiger partial charge in [-0.15, -0.1) is 0 Å². The lowest BCUT2D eigenvalue weighted by molar-refractivity contribution is 0.0480. The maximum absolute atomic E-state index is 12.8. The van der Waals surface area contributed by atoms with Crippen LogP contribution in [-0.2, 0) is 15.9 Å². The van der Waals surface area contributed by atoms with Gasteiger partial charge in [0.1, 0.15) is 0 Å². The number of rotatable bonds is 7. The minimum absolute atomic E-state index is 0.179. The molecule has 1 aromatic heterocycles. The van der Waals surface area contributed by atoms with Crippen LogP contribution in [0.5, 0.6) is 0 Å². The number of ether oxygens (including phenoxy) is 2. The van der Waals surface area contributed by atoms with E-state index >= 15 is 0 Å². The molecule has 6 heteroatoms. The summed E-state index contributed by atoms with van der Waals surface area (Å²) in [6.45, 7) is 3.85. The summed E-state index contributed by atoms with van der Waals surface area (Å²) < 4.78 is 10.5. The SMILES string of the molecule is CCOC(=O)c1c(Cc2ccccc2)[nH]c(-c2ccc(Cl)cc2)c1C(=O)OCC. The van der Waals surface area contributed by atoms with E-state index in [4.69, 9.17) is 21.1 Å². The molecular weight excluding hydrogens is 390 g/mol. The molecule has 29 heavy (non-hydrogen) atoms. The van der Waals surface area contributed by atoms with Crippen LogP contribution in [-0.4, -0.2) is 30.1 Å². The lowest BCUT2D eigenvalue weighted by Gasteiger charge is -2.08. The van der Waals surface area contributed by atoms with E-state index < -0.39 is 11.9 Å². The van der Waals surface area contributed by atoms with Crippen molar-refractivity contribution >= 4 is 23.5 Å². The van der Waals surface area contributed by atoms with Gasteiger partial charge in [0.25, 0.3) is 0 Å². The van der Waals surface area contributed by atoms with Crippen LogP contribution in [0.15, 0.2) is 54.6 Å². The van der Waals surface area contributed by atoms with Crippen LogP contribution in [0.1, 0.15) is 45.8 Å². The average Bonchev–Trinajstić information content (AvgIpc) is 3.09. The minimum atomic E-state index is -0.573.